The Balaban J connectivity index is 1.73. The van der Waals surface area contributed by atoms with Gasteiger partial charge in [-0.15, -0.1) is 10.2 Å². The van der Waals surface area contributed by atoms with Gasteiger partial charge < -0.3 is 9.88 Å². The van der Waals surface area contributed by atoms with Gasteiger partial charge in [-0.3, -0.25) is 0 Å². The van der Waals surface area contributed by atoms with Crippen molar-refractivity contribution in [1.29, 1.82) is 0 Å². The van der Waals surface area contributed by atoms with Gasteiger partial charge in [-0.25, -0.2) is 0 Å². The summed E-state index contributed by atoms with van der Waals surface area (Å²) in [6.45, 7) is 4.40. The Morgan fingerprint density at radius 2 is 1.95 bits per heavy atom. The lowest BCUT2D eigenvalue weighted by Crippen LogP contribution is -2.37. The number of nitrogens with one attached hydrogen (secondary N) is 1. The smallest absolute Gasteiger partial charge is 0.191 e. The molecule has 1 aromatic rings. The molecule has 1 aliphatic heterocycles. The van der Waals surface area contributed by atoms with Gasteiger partial charge in [0.2, 0.25) is 0 Å². The number of thioether (sulfide) groups is 1. The lowest BCUT2D eigenvalue weighted by molar-refractivity contribution is 0.481. The van der Waals surface area contributed by atoms with Crippen molar-refractivity contribution in [2.45, 2.75) is 87.7 Å². The van der Waals surface area contributed by atoms with E-state index in [0.29, 0.717) is 11.3 Å². The fourth-order valence-electron chi connectivity index (χ4n) is 3.59. The molecule has 3 rings (SSSR count). The van der Waals surface area contributed by atoms with Crippen molar-refractivity contribution in [1.82, 2.24) is 20.1 Å². The maximum Gasteiger partial charge on any atom is 0.191 e. The second-order valence-electron chi connectivity index (χ2n) is 6.32. The van der Waals surface area contributed by atoms with E-state index in [0.717, 1.165) is 19.5 Å². The Morgan fingerprint density at radius 3 is 2.86 bits per heavy atom. The second kappa shape index (κ2) is 7.63. The molecular formula is C16H28N4S. The van der Waals surface area contributed by atoms with Gasteiger partial charge >= 0.3 is 0 Å². The van der Waals surface area contributed by atoms with Crippen LogP contribution in [0.5, 0.6) is 0 Å². The molecule has 0 spiro atoms. The summed E-state index contributed by atoms with van der Waals surface area (Å²) in [5, 5.41) is 14.5. The number of aromatic nitrogens is 3. The molecular weight excluding hydrogens is 280 g/mol. The Bertz CT molecular complexity index is 445. The van der Waals surface area contributed by atoms with Gasteiger partial charge in [0.25, 0.3) is 0 Å². The molecule has 0 amide bonds. The van der Waals surface area contributed by atoms with Crippen LogP contribution in [0.2, 0.25) is 0 Å². The molecule has 0 aromatic carbocycles. The minimum atomic E-state index is 0.640. The standard InChI is InChI=1S/C16H28N4S/c1-2-17-13-9-5-3-6-10-14(13)21-16-19-18-15-11-7-4-8-12-20(15)16/h13-14,17H,2-12H2,1H3. The lowest BCUT2D eigenvalue weighted by atomic mass is 10.1. The molecule has 0 bridgehead atoms. The second-order valence-corrected chi connectivity index (χ2v) is 7.53. The number of hydrogen-bond acceptors (Lipinski definition) is 4. The van der Waals surface area contributed by atoms with E-state index >= 15 is 0 Å². The first kappa shape index (κ1) is 15.3. The lowest BCUT2D eigenvalue weighted by Gasteiger charge is -2.25. The zero-order chi connectivity index (χ0) is 14.5. The quantitative estimate of drug-likeness (QED) is 0.866. The van der Waals surface area contributed by atoms with Crippen molar-refractivity contribution < 1.29 is 0 Å². The fourth-order valence-corrected chi connectivity index (χ4v) is 4.96. The summed E-state index contributed by atoms with van der Waals surface area (Å²) in [6, 6.07) is 0.640. The number of nitrogens with zero attached hydrogens (tertiary/aromatic N) is 3. The van der Waals surface area contributed by atoms with Crippen molar-refractivity contribution in [2.24, 2.45) is 0 Å². The molecule has 1 aromatic heterocycles. The third kappa shape index (κ3) is 3.81. The van der Waals surface area contributed by atoms with Crippen LogP contribution in [0.4, 0.5) is 0 Å². The van der Waals surface area contributed by atoms with Crippen LogP contribution in [-0.2, 0) is 13.0 Å². The Kier molecular flexibility index (Phi) is 5.58. The van der Waals surface area contributed by atoms with Gasteiger partial charge in [0, 0.05) is 24.3 Å². The van der Waals surface area contributed by atoms with Crippen molar-refractivity contribution in [3.8, 4) is 0 Å². The third-order valence-corrected chi connectivity index (χ3v) is 6.13. The molecule has 1 saturated carbocycles. The van der Waals surface area contributed by atoms with E-state index in [4.69, 9.17) is 0 Å². The minimum Gasteiger partial charge on any atom is -0.313 e. The van der Waals surface area contributed by atoms with Gasteiger partial charge in [-0.2, -0.15) is 0 Å². The molecule has 2 aliphatic rings. The molecule has 2 unspecified atom stereocenters. The predicted octanol–water partition coefficient (Wildman–Crippen LogP) is 3.41. The van der Waals surface area contributed by atoms with Crippen LogP contribution in [-0.4, -0.2) is 32.6 Å². The van der Waals surface area contributed by atoms with Crippen molar-refractivity contribution in [2.75, 3.05) is 6.54 Å². The van der Waals surface area contributed by atoms with Crippen LogP contribution >= 0.6 is 11.8 Å². The van der Waals surface area contributed by atoms with Gasteiger partial charge in [0.15, 0.2) is 5.16 Å². The Morgan fingerprint density at radius 1 is 1.10 bits per heavy atom. The van der Waals surface area contributed by atoms with Crippen LogP contribution in [0.3, 0.4) is 0 Å². The van der Waals surface area contributed by atoms with E-state index < -0.39 is 0 Å². The largest absolute Gasteiger partial charge is 0.313 e. The molecule has 21 heavy (non-hydrogen) atoms. The van der Waals surface area contributed by atoms with E-state index in [9.17, 15) is 0 Å². The Labute approximate surface area is 132 Å². The van der Waals surface area contributed by atoms with E-state index in [2.05, 4.69) is 27.0 Å². The predicted molar refractivity (Wildman–Crippen MR) is 87.8 cm³/mol. The van der Waals surface area contributed by atoms with E-state index in [-0.39, 0.29) is 0 Å². The number of rotatable bonds is 4. The van der Waals surface area contributed by atoms with E-state index in [1.807, 2.05) is 11.8 Å². The molecule has 2 heterocycles. The first-order valence-electron chi connectivity index (χ1n) is 8.70. The van der Waals surface area contributed by atoms with Crippen molar-refractivity contribution in [3.63, 3.8) is 0 Å². The van der Waals surface area contributed by atoms with Gasteiger partial charge in [0.05, 0.1) is 0 Å². The summed E-state index contributed by atoms with van der Waals surface area (Å²) in [5.74, 6) is 1.21. The van der Waals surface area contributed by atoms with Crippen LogP contribution < -0.4 is 5.32 Å². The zero-order valence-electron chi connectivity index (χ0n) is 13.2. The van der Waals surface area contributed by atoms with Crippen LogP contribution in [0, 0.1) is 0 Å². The highest BCUT2D eigenvalue weighted by molar-refractivity contribution is 7.99. The average molecular weight is 308 g/mol. The van der Waals surface area contributed by atoms with Crippen molar-refractivity contribution in [3.05, 3.63) is 5.82 Å². The zero-order valence-corrected chi connectivity index (χ0v) is 14.0. The topological polar surface area (TPSA) is 42.7 Å². The highest BCUT2D eigenvalue weighted by atomic mass is 32.2. The van der Waals surface area contributed by atoms with Gasteiger partial charge in [-0.05, 0) is 32.2 Å². The van der Waals surface area contributed by atoms with E-state index in [1.165, 1.54) is 62.3 Å². The SMILES string of the molecule is CCNC1CCCCCC1Sc1nnc2n1CCCCC2. The Hall–Kier alpha value is -0.550. The number of hydrogen-bond donors (Lipinski definition) is 1. The van der Waals surface area contributed by atoms with E-state index in [1.54, 1.807) is 0 Å². The van der Waals surface area contributed by atoms with Crippen molar-refractivity contribution >= 4 is 11.8 Å². The number of aryl methyl sites for hydroxylation is 1. The third-order valence-electron chi connectivity index (χ3n) is 4.75. The molecule has 1 N–H and O–H groups in total. The molecule has 118 valence electrons. The maximum absolute atomic E-state index is 4.51. The highest BCUT2D eigenvalue weighted by Gasteiger charge is 2.26. The summed E-state index contributed by atoms with van der Waals surface area (Å²) in [7, 11) is 0. The minimum absolute atomic E-state index is 0.640. The summed E-state index contributed by atoms with van der Waals surface area (Å²) in [4.78, 5) is 0. The normalized spacial score (nSPS) is 26.9. The van der Waals surface area contributed by atoms with Gasteiger partial charge in [0.1, 0.15) is 5.82 Å². The molecule has 0 radical (unpaired) electrons. The summed E-state index contributed by atoms with van der Waals surface area (Å²) >= 11 is 1.98. The fraction of sp³-hybridized carbons (Fsp3) is 0.875. The molecule has 1 fully saturated rings. The highest BCUT2D eigenvalue weighted by Crippen LogP contribution is 2.33. The first-order chi connectivity index (χ1) is 10.4. The van der Waals surface area contributed by atoms with Crippen LogP contribution in [0.15, 0.2) is 5.16 Å². The molecule has 2 atom stereocenters. The molecule has 0 saturated heterocycles. The van der Waals surface area contributed by atoms with Gasteiger partial charge in [-0.1, -0.05) is 44.4 Å². The molecule has 5 heteroatoms. The number of fused-ring (bicyclic) bond motifs is 1. The molecule has 4 nitrogen and oxygen atoms in total. The van der Waals surface area contributed by atoms with Crippen LogP contribution in [0.1, 0.15) is 64.1 Å². The first-order valence-corrected chi connectivity index (χ1v) is 9.58. The van der Waals surface area contributed by atoms with Crippen LogP contribution in [0.25, 0.3) is 0 Å². The maximum atomic E-state index is 4.51. The summed E-state index contributed by atoms with van der Waals surface area (Å²) in [5.41, 5.74) is 0. The summed E-state index contributed by atoms with van der Waals surface area (Å²) < 4.78 is 2.39. The summed E-state index contributed by atoms with van der Waals surface area (Å²) in [6.07, 6.45) is 11.7. The monoisotopic (exact) mass is 308 g/mol. The average Bonchev–Trinajstić information content (AvgIpc) is 2.69. The molecule has 1 aliphatic carbocycles.